The molecule has 14 heavy (non-hydrogen) atoms. The van der Waals surface area contributed by atoms with Gasteiger partial charge in [-0.15, -0.1) is 0 Å². The van der Waals surface area contributed by atoms with Crippen molar-refractivity contribution in [3.63, 3.8) is 0 Å². The molecular formula is C11H19NO2. The maximum atomic E-state index is 10.9. The van der Waals surface area contributed by atoms with Gasteiger partial charge in [-0.25, -0.2) is 0 Å². The minimum atomic E-state index is -0.613. The molecule has 0 radical (unpaired) electrons. The van der Waals surface area contributed by atoms with E-state index in [1.54, 1.807) is 0 Å². The molecule has 0 aromatic carbocycles. The molecule has 0 bridgehead atoms. The van der Waals surface area contributed by atoms with Crippen LogP contribution in [0.5, 0.6) is 0 Å². The van der Waals surface area contributed by atoms with Crippen molar-refractivity contribution in [2.45, 2.75) is 51.1 Å². The van der Waals surface area contributed by atoms with Gasteiger partial charge in [-0.3, -0.25) is 9.69 Å². The molecule has 2 rings (SSSR count). The zero-order valence-corrected chi connectivity index (χ0v) is 8.78. The van der Waals surface area contributed by atoms with Crippen LogP contribution in [0.2, 0.25) is 0 Å². The zero-order valence-electron chi connectivity index (χ0n) is 8.78. The second kappa shape index (κ2) is 3.89. The summed E-state index contributed by atoms with van der Waals surface area (Å²) in [6.07, 6.45) is 6.04. The molecule has 0 spiro atoms. The quantitative estimate of drug-likeness (QED) is 0.732. The highest BCUT2D eigenvalue weighted by Gasteiger charge is 2.39. The van der Waals surface area contributed by atoms with Crippen molar-refractivity contribution in [3.05, 3.63) is 0 Å². The van der Waals surface area contributed by atoms with Gasteiger partial charge < -0.3 is 5.11 Å². The Morgan fingerprint density at radius 1 is 1.29 bits per heavy atom. The Kier molecular flexibility index (Phi) is 2.77. The number of hydrogen-bond acceptors (Lipinski definition) is 2. The Balaban J connectivity index is 1.98. The van der Waals surface area contributed by atoms with Crippen molar-refractivity contribution in [2.75, 3.05) is 6.54 Å². The van der Waals surface area contributed by atoms with Gasteiger partial charge in [0.1, 0.15) is 0 Å². The fourth-order valence-corrected chi connectivity index (χ4v) is 3.04. The number of likely N-dealkylation sites (tertiary alicyclic amines) is 1. The highest BCUT2D eigenvalue weighted by Crippen LogP contribution is 2.32. The second-order valence-electron chi connectivity index (χ2n) is 4.65. The summed E-state index contributed by atoms with van der Waals surface area (Å²) in [4.78, 5) is 13.4. The van der Waals surface area contributed by atoms with Gasteiger partial charge in [0, 0.05) is 12.1 Å². The molecule has 1 saturated heterocycles. The number of hydrogen-bond donors (Lipinski definition) is 1. The number of aliphatic carboxylic acids is 1. The number of carbonyl (C=O) groups is 1. The molecule has 1 N–H and O–H groups in total. The summed E-state index contributed by atoms with van der Waals surface area (Å²) < 4.78 is 0. The fraction of sp³-hybridized carbons (Fsp3) is 0.909. The van der Waals surface area contributed by atoms with E-state index in [-0.39, 0.29) is 12.0 Å². The summed E-state index contributed by atoms with van der Waals surface area (Å²) in [7, 11) is 0. The van der Waals surface area contributed by atoms with Crippen LogP contribution in [0.1, 0.15) is 39.0 Å². The number of rotatable bonds is 2. The number of nitrogens with zero attached hydrogens (tertiary/aromatic N) is 1. The fourth-order valence-electron chi connectivity index (χ4n) is 3.04. The molecule has 1 aliphatic carbocycles. The Morgan fingerprint density at radius 3 is 2.43 bits per heavy atom. The van der Waals surface area contributed by atoms with E-state index < -0.39 is 5.97 Å². The summed E-state index contributed by atoms with van der Waals surface area (Å²) in [5.74, 6) is -0.742. The molecule has 2 atom stereocenters. The first-order valence-corrected chi connectivity index (χ1v) is 5.68. The first kappa shape index (κ1) is 9.97. The van der Waals surface area contributed by atoms with Gasteiger partial charge in [-0.2, -0.15) is 0 Å². The first-order valence-electron chi connectivity index (χ1n) is 5.68. The summed E-state index contributed by atoms with van der Waals surface area (Å²) >= 11 is 0. The van der Waals surface area contributed by atoms with Crippen LogP contribution in [-0.2, 0) is 4.79 Å². The van der Waals surface area contributed by atoms with Crippen molar-refractivity contribution in [2.24, 2.45) is 5.92 Å². The van der Waals surface area contributed by atoms with Crippen LogP contribution < -0.4 is 0 Å². The summed E-state index contributed by atoms with van der Waals surface area (Å²) in [6, 6.07) is 0.921. The number of carboxylic acids is 1. The van der Waals surface area contributed by atoms with Gasteiger partial charge in [0.2, 0.25) is 0 Å². The van der Waals surface area contributed by atoms with Gasteiger partial charge in [-0.1, -0.05) is 12.8 Å². The molecule has 2 aliphatic rings. The predicted octanol–water partition coefficient (Wildman–Crippen LogP) is 1.72. The molecule has 2 unspecified atom stereocenters. The molecule has 1 heterocycles. The maximum Gasteiger partial charge on any atom is 0.308 e. The van der Waals surface area contributed by atoms with E-state index in [9.17, 15) is 4.79 Å². The maximum absolute atomic E-state index is 10.9. The molecule has 1 aliphatic heterocycles. The van der Waals surface area contributed by atoms with Crippen molar-refractivity contribution >= 4 is 5.97 Å². The van der Waals surface area contributed by atoms with Gasteiger partial charge in [0.05, 0.1) is 5.92 Å². The van der Waals surface area contributed by atoms with Crippen LogP contribution in [0.15, 0.2) is 0 Å². The molecule has 1 saturated carbocycles. The molecule has 80 valence electrons. The third kappa shape index (κ3) is 1.65. The van der Waals surface area contributed by atoms with Crippen LogP contribution >= 0.6 is 0 Å². The Hall–Kier alpha value is -0.570. The van der Waals surface area contributed by atoms with Crippen LogP contribution in [-0.4, -0.2) is 34.6 Å². The average Bonchev–Trinajstić information content (AvgIpc) is 2.71. The van der Waals surface area contributed by atoms with Gasteiger partial charge in [0.25, 0.3) is 0 Å². The Morgan fingerprint density at radius 2 is 1.93 bits per heavy atom. The second-order valence-corrected chi connectivity index (χ2v) is 4.65. The van der Waals surface area contributed by atoms with Gasteiger partial charge in [0.15, 0.2) is 0 Å². The SMILES string of the molecule is CC1C(C(=O)O)CCN1C1CCCC1. The van der Waals surface area contributed by atoms with Crippen molar-refractivity contribution in [3.8, 4) is 0 Å². The molecule has 0 amide bonds. The van der Waals surface area contributed by atoms with Crippen molar-refractivity contribution < 1.29 is 9.90 Å². The van der Waals surface area contributed by atoms with Crippen LogP contribution in [0.25, 0.3) is 0 Å². The molecule has 0 aromatic heterocycles. The van der Waals surface area contributed by atoms with E-state index in [1.165, 1.54) is 25.7 Å². The number of carboxylic acid groups (broad SMARTS) is 1. The average molecular weight is 197 g/mol. The highest BCUT2D eigenvalue weighted by molar-refractivity contribution is 5.71. The van der Waals surface area contributed by atoms with Crippen LogP contribution in [0, 0.1) is 5.92 Å². The highest BCUT2D eigenvalue weighted by atomic mass is 16.4. The van der Waals surface area contributed by atoms with E-state index in [2.05, 4.69) is 11.8 Å². The smallest absolute Gasteiger partial charge is 0.308 e. The lowest BCUT2D eigenvalue weighted by Gasteiger charge is -2.29. The lowest BCUT2D eigenvalue weighted by Crippen LogP contribution is -2.39. The topological polar surface area (TPSA) is 40.5 Å². The predicted molar refractivity (Wildman–Crippen MR) is 54.2 cm³/mol. The monoisotopic (exact) mass is 197 g/mol. The van der Waals surface area contributed by atoms with E-state index in [4.69, 9.17) is 5.11 Å². The molecule has 2 fully saturated rings. The Bertz CT molecular complexity index is 223. The van der Waals surface area contributed by atoms with E-state index in [0.717, 1.165) is 13.0 Å². The molecule has 3 heteroatoms. The minimum absolute atomic E-state index is 0.129. The van der Waals surface area contributed by atoms with Gasteiger partial charge >= 0.3 is 5.97 Å². The lowest BCUT2D eigenvalue weighted by molar-refractivity contribution is -0.142. The van der Waals surface area contributed by atoms with Crippen LogP contribution in [0.4, 0.5) is 0 Å². The molecule has 0 aromatic rings. The largest absolute Gasteiger partial charge is 0.481 e. The van der Waals surface area contributed by atoms with Crippen molar-refractivity contribution in [1.82, 2.24) is 4.90 Å². The first-order chi connectivity index (χ1) is 6.70. The third-order valence-corrected chi connectivity index (χ3v) is 3.91. The Labute approximate surface area is 85.1 Å². The molecular weight excluding hydrogens is 178 g/mol. The summed E-state index contributed by atoms with van der Waals surface area (Å²) in [6.45, 7) is 3.06. The van der Waals surface area contributed by atoms with Crippen molar-refractivity contribution in [1.29, 1.82) is 0 Å². The summed E-state index contributed by atoms with van der Waals surface area (Å²) in [5.41, 5.74) is 0. The zero-order chi connectivity index (χ0) is 10.1. The standard InChI is InChI=1S/C11H19NO2/c1-8-10(11(13)14)6-7-12(8)9-4-2-3-5-9/h8-10H,2-7H2,1H3,(H,13,14). The molecule has 3 nitrogen and oxygen atoms in total. The minimum Gasteiger partial charge on any atom is -0.481 e. The summed E-state index contributed by atoms with van der Waals surface area (Å²) in [5, 5.41) is 9.02. The lowest BCUT2D eigenvalue weighted by atomic mass is 10.0. The van der Waals surface area contributed by atoms with E-state index in [0.29, 0.717) is 6.04 Å². The van der Waals surface area contributed by atoms with E-state index in [1.807, 2.05) is 0 Å². The third-order valence-electron chi connectivity index (χ3n) is 3.91. The van der Waals surface area contributed by atoms with E-state index >= 15 is 0 Å². The van der Waals surface area contributed by atoms with Gasteiger partial charge in [-0.05, 0) is 32.7 Å². The van der Waals surface area contributed by atoms with Crippen LogP contribution in [0.3, 0.4) is 0 Å². The normalized spacial score (nSPS) is 35.2.